The Hall–Kier alpha value is 0.234. The largest absolute Gasteiger partial charge is 0.427 e. The summed E-state index contributed by atoms with van der Waals surface area (Å²) in [6.45, 7) is 13.5. The summed E-state index contributed by atoms with van der Waals surface area (Å²) in [6, 6.07) is 3.60. The van der Waals surface area contributed by atoms with Gasteiger partial charge in [-0.25, -0.2) is 0 Å². The van der Waals surface area contributed by atoms with Gasteiger partial charge in [-0.1, -0.05) is 6.04 Å². The first-order chi connectivity index (χ1) is 11.2. The van der Waals surface area contributed by atoms with E-state index in [-0.39, 0.29) is 15.8 Å². The lowest BCUT2D eigenvalue weighted by Gasteiger charge is -2.34. The Morgan fingerprint density at radius 1 is 1.00 bits per heavy atom. The molecule has 23 heavy (non-hydrogen) atoms. The maximum Gasteiger partial charge on any atom is 0.427 e. The predicted molar refractivity (Wildman–Crippen MR) is 99.8 cm³/mol. The Kier molecular flexibility index (Phi) is 11.6. The second-order valence-electron chi connectivity index (χ2n) is 5.86. The molecule has 1 rings (SSSR count). The van der Waals surface area contributed by atoms with E-state index in [0.29, 0.717) is 0 Å². The van der Waals surface area contributed by atoms with Crippen LogP contribution < -0.4 is 0 Å². The highest BCUT2D eigenvalue weighted by molar-refractivity contribution is 6.65. The summed E-state index contributed by atoms with van der Waals surface area (Å²) in [5.74, 6) is 0. The maximum atomic E-state index is 6.12. The summed E-state index contributed by atoms with van der Waals surface area (Å²) >= 11 is 0. The molecule has 0 bridgehead atoms. The van der Waals surface area contributed by atoms with Gasteiger partial charge in [-0.2, -0.15) is 0 Å². The molecule has 7 heteroatoms. The Morgan fingerprint density at radius 2 is 1.65 bits per heavy atom. The van der Waals surface area contributed by atoms with Gasteiger partial charge >= 0.3 is 8.72 Å². The molecule has 0 spiro atoms. The molecule has 0 saturated carbocycles. The van der Waals surface area contributed by atoms with Crippen molar-refractivity contribution in [1.29, 1.82) is 0 Å². The Labute approximate surface area is 146 Å². The van der Waals surface area contributed by atoms with Crippen molar-refractivity contribution in [3.8, 4) is 0 Å². The van der Waals surface area contributed by atoms with Crippen LogP contribution in [0.15, 0.2) is 0 Å². The van der Waals surface area contributed by atoms with Crippen LogP contribution >= 0.6 is 0 Å². The summed E-state index contributed by atoms with van der Waals surface area (Å²) in [5.41, 5.74) is 0. The molecule has 0 aromatic carbocycles. The Morgan fingerprint density at radius 3 is 2.22 bits per heavy atom. The molecule has 0 N–H and O–H groups in total. The molecule has 1 saturated heterocycles. The highest BCUT2D eigenvalue weighted by atomic mass is 28.4. The van der Waals surface area contributed by atoms with Gasteiger partial charge in [-0.05, 0) is 59.7 Å². The molecule has 5 nitrogen and oxygen atoms in total. The first kappa shape index (κ1) is 21.3. The smallest absolute Gasteiger partial charge is 0.383 e. The molecule has 1 heterocycles. The SMILES string of the molecule is CCOC(C[SiH2]CCCN1CCC[Si]1(OCC)OCC)OCC. The fourth-order valence-corrected chi connectivity index (χ4v) is 8.39. The fourth-order valence-electron chi connectivity index (χ4n) is 3.30. The first-order valence-electron chi connectivity index (χ1n) is 9.48. The van der Waals surface area contributed by atoms with Crippen molar-refractivity contribution in [1.82, 2.24) is 4.57 Å². The van der Waals surface area contributed by atoms with Crippen LogP contribution in [0.2, 0.25) is 18.1 Å². The third kappa shape index (κ3) is 7.33. The third-order valence-electron chi connectivity index (χ3n) is 4.22. The number of nitrogens with zero attached hydrogens (tertiary/aromatic N) is 1. The molecule has 138 valence electrons. The van der Waals surface area contributed by atoms with E-state index in [1.54, 1.807) is 0 Å². The second kappa shape index (κ2) is 12.6. The number of ether oxygens (including phenoxy) is 2. The highest BCUT2D eigenvalue weighted by Crippen LogP contribution is 2.28. The van der Waals surface area contributed by atoms with Gasteiger partial charge in [0.25, 0.3) is 0 Å². The summed E-state index contributed by atoms with van der Waals surface area (Å²) in [4.78, 5) is 0. The van der Waals surface area contributed by atoms with Gasteiger partial charge in [-0.15, -0.1) is 0 Å². The monoisotopic (exact) mass is 363 g/mol. The molecule has 0 atom stereocenters. The Balaban J connectivity index is 2.28. The van der Waals surface area contributed by atoms with E-state index in [1.807, 2.05) is 13.8 Å². The predicted octanol–water partition coefficient (Wildman–Crippen LogP) is 2.50. The van der Waals surface area contributed by atoms with Crippen molar-refractivity contribution in [2.75, 3.05) is 39.5 Å². The van der Waals surface area contributed by atoms with Gasteiger partial charge in [0, 0.05) is 42.0 Å². The van der Waals surface area contributed by atoms with E-state index in [0.717, 1.165) is 51.6 Å². The summed E-state index contributed by atoms with van der Waals surface area (Å²) in [7, 11) is -2.19. The summed E-state index contributed by atoms with van der Waals surface area (Å²) in [6.07, 6.45) is 2.51. The zero-order valence-corrected chi connectivity index (χ0v) is 18.1. The molecule has 0 amide bonds. The van der Waals surface area contributed by atoms with Gasteiger partial charge in [0.2, 0.25) is 0 Å². The van der Waals surface area contributed by atoms with E-state index in [1.165, 1.54) is 18.9 Å². The molecular formula is C16H37NO4Si2. The highest BCUT2D eigenvalue weighted by Gasteiger charge is 2.48. The van der Waals surface area contributed by atoms with Crippen LogP contribution in [0.3, 0.4) is 0 Å². The van der Waals surface area contributed by atoms with Gasteiger partial charge in [0.1, 0.15) is 0 Å². The second-order valence-corrected chi connectivity index (χ2v) is 11.0. The lowest BCUT2D eigenvalue weighted by atomic mass is 10.4. The van der Waals surface area contributed by atoms with Gasteiger partial charge < -0.3 is 18.3 Å². The van der Waals surface area contributed by atoms with Crippen molar-refractivity contribution < 1.29 is 18.3 Å². The van der Waals surface area contributed by atoms with Gasteiger partial charge in [0.15, 0.2) is 6.29 Å². The van der Waals surface area contributed by atoms with Crippen LogP contribution in [0.5, 0.6) is 0 Å². The lowest BCUT2D eigenvalue weighted by Crippen LogP contribution is -2.54. The van der Waals surface area contributed by atoms with Crippen molar-refractivity contribution in [2.45, 2.75) is 65.0 Å². The molecule has 0 unspecified atom stereocenters. The molecule has 1 aliphatic rings. The lowest BCUT2D eigenvalue weighted by molar-refractivity contribution is -0.123. The molecule has 1 aliphatic heterocycles. The zero-order valence-electron chi connectivity index (χ0n) is 15.6. The third-order valence-corrected chi connectivity index (χ3v) is 9.97. The maximum absolute atomic E-state index is 6.12. The average molecular weight is 364 g/mol. The fraction of sp³-hybridized carbons (Fsp3) is 1.00. The van der Waals surface area contributed by atoms with Crippen molar-refractivity contribution in [2.24, 2.45) is 0 Å². The van der Waals surface area contributed by atoms with Crippen LogP contribution in [0, 0.1) is 0 Å². The van der Waals surface area contributed by atoms with E-state index < -0.39 is 8.72 Å². The summed E-state index contributed by atoms with van der Waals surface area (Å²) in [5, 5.41) is 0. The number of hydrogen-bond donors (Lipinski definition) is 0. The van der Waals surface area contributed by atoms with Crippen LogP contribution in [0.1, 0.15) is 40.5 Å². The molecule has 1 fully saturated rings. The van der Waals surface area contributed by atoms with Crippen molar-refractivity contribution >= 4 is 18.2 Å². The van der Waals surface area contributed by atoms with Crippen LogP contribution in [0.25, 0.3) is 0 Å². The standard InChI is InChI=1S/C16H37NO4Si2/c1-5-18-16(19-6-2)15-22-13-9-11-17-12-10-14-23(17,20-7-3)21-8-4/h16H,5-15,22H2,1-4H3. The van der Waals surface area contributed by atoms with Crippen molar-refractivity contribution in [3.63, 3.8) is 0 Å². The first-order valence-corrected chi connectivity index (χ1v) is 13.5. The molecule has 0 aromatic heterocycles. The average Bonchev–Trinajstić information content (AvgIpc) is 2.91. The van der Waals surface area contributed by atoms with Crippen LogP contribution in [-0.2, 0) is 18.3 Å². The van der Waals surface area contributed by atoms with Crippen molar-refractivity contribution in [3.05, 3.63) is 0 Å². The Bertz CT molecular complexity index is 285. The molecular weight excluding hydrogens is 326 g/mol. The van der Waals surface area contributed by atoms with Crippen LogP contribution in [0.4, 0.5) is 0 Å². The quantitative estimate of drug-likeness (QED) is 0.269. The molecule has 0 aliphatic carbocycles. The van der Waals surface area contributed by atoms with E-state index in [9.17, 15) is 0 Å². The zero-order chi connectivity index (χ0) is 17.0. The minimum atomic E-state index is -2.07. The summed E-state index contributed by atoms with van der Waals surface area (Å²) < 4.78 is 26.0. The molecule has 0 radical (unpaired) electrons. The van der Waals surface area contributed by atoms with Gasteiger partial charge in [-0.3, -0.25) is 4.57 Å². The van der Waals surface area contributed by atoms with E-state index >= 15 is 0 Å². The minimum Gasteiger partial charge on any atom is -0.383 e. The van der Waals surface area contributed by atoms with Crippen LogP contribution in [-0.4, -0.2) is 68.6 Å². The number of hydrogen-bond acceptors (Lipinski definition) is 5. The number of rotatable bonds is 14. The van der Waals surface area contributed by atoms with E-state index in [4.69, 9.17) is 18.3 Å². The van der Waals surface area contributed by atoms with E-state index in [2.05, 4.69) is 18.4 Å². The minimum absolute atomic E-state index is 0.0313. The normalized spacial score (nSPS) is 18.7. The van der Waals surface area contributed by atoms with Gasteiger partial charge in [0.05, 0.1) is 0 Å². The topological polar surface area (TPSA) is 40.2 Å². The molecule has 0 aromatic rings.